The van der Waals surface area contributed by atoms with E-state index in [9.17, 15) is 9.59 Å². The number of carbonyl (C=O) groups is 2. The van der Waals surface area contributed by atoms with Crippen LogP contribution in [0.4, 0.5) is 5.69 Å². The molecule has 8 heteroatoms. The van der Waals surface area contributed by atoms with Gasteiger partial charge in [0.1, 0.15) is 0 Å². The number of nitrogens with one attached hydrogen (secondary N) is 1. The molecule has 30 heavy (non-hydrogen) atoms. The first-order valence-electron chi connectivity index (χ1n) is 10.1. The molecule has 0 unspecified atom stereocenters. The molecule has 0 bridgehead atoms. The number of aryl methyl sites for hydroxylation is 2. The minimum absolute atomic E-state index is 0.154. The van der Waals surface area contributed by atoms with Crippen LogP contribution < -0.4 is 10.2 Å². The highest BCUT2D eigenvalue weighted by molar-refractivity contribution is 7.10. The highest BCUT2D eigenvalue weighted by atomic mass is 32.1. The summed E-state index contributed by atoms with van der Waals surface area (Å²) < 4.78 is 3.85. The molecule has 2 amide bonds. The summed E-state index contributed by atoms with van der Waals surface area (Å²) in [6.07, 6.45) is 4.21. The van der Waals surface area contributed by atoms with Crippen LogP contribution >= 0.6 is 22.9 Å². The van der Waals surface area contributed by atoms with Crippen LogP contribution in [0.15, 0.2) is 41.1 Å². The Bertz CT molecular complexity index is 1010. The van der Waals surface area contributed by atoms with Gasteiger partial charge in [-0.05, 0) is 72.9 Å². The minimum atomic E-state index is -0.762. The first kappa shape index (κ1) is 20.7. The third kappa shape index (κ3) is 4.29. The summed E-state index contributed by atoms with van der Waals surface area (Å²) in [6, 6.07) is 9.04. The summed E-state index contributed by atoms with van der Waals surface area (Å²) in [6.45, 7) is 4.03. The van der Waals surface area contributed by atoms with E-state index in [0.717, 1.165) is 53.2 Å². The monoisotopic (exact) mass is 440 g/mol. The van der Waals surface area contributed by atoms with E-state index in [1.807, 2.05) is 49.6 Å². The van der Waals surface area contributed by atoms with Crippen LogP contribution in [0.2, 0.25) is 0 Å². The van der Waals surface area contributed by atoms with Crippen LogP contribution in [0.1, 0.15) is 58.2 Å². The Kier molecular flexibility index (Phi) is 6.24. The molecule has 1 fully saturated rings. The van der Waals surface area contributed by atoms with Crippen LogP contribution in [0.25, 0.3) is 0 Å². The van der Waals surface area contributed by atoms with Gasteiger partial charge in [-0.25, -0.2) is 0 Å². The molecule has 2 heterocycles. The van der Waals surface area contributed by atoms with E-state index in [4.69, 9.17) is 0 Å². The highest BCUT2D eigenvalue weighted by Gasteiger charge is 2.36. The molecule has 3 aromatic rings. The molecule has 1 aromatic carbocycles. The topological polar surface area (TPSA) is 75.2 Å². The van der Waals surface area contributed by atoms with Gasteiger partial charge in [-0.3, -0.25) is 14.5 Å². The maximum atomic E-state index is 13.5. The third-order valence-electron chi connectivity index (χ3n) is 5.59. The highest BCUT2D eigenvalue weighted by Crippen LogP contribution is 2.33. The number of rotatable bonds is 6. The van der Waals surface area contributed by atoms with Crippen molar-refractivity contribution in [1.82, 2.24) is 14.9 Å². The summed E-state index contributed by atoms with van der Waals surface area (Å²) in [5, 5.41) is 10.7. The maximum Gasteiger partial charge on any atom is 0.280 e. The molecule has 0 radical (unpaired) electrons. The first-order chi connectivity index (χ1) is 14.5. The van der Waals surface area contributed by atoms with Gasteiger partial charge in [0.05, 0.1) is 0 Å². The third-order valence-corrected chi connectivity index (χ3v) is 7.02. The van der Waals surface area contributed by atoms with Crippen LogP contribution in [0.3, 0.4) is 0 Å². The van der Waals surface area contributed by atoms with Crippen molar-refractivity contribution in [2.75, 3.05) is 4.90 Å². The van der Waals surface area contributed by atoms with Gasteiger partial charge >= 0.3 is 0 Å². The Balaban J connectivity index is 1.78. The van der Waals surface area contributed by atoms with Gasteiger partial charge in [0, 0.05) is 22.0 Å². The molecule has 4 rings (SSSR count). The lowest BCUT2D eigenvalue weighted by atomic mass is 10.1. The number of hydrogen-bond acceptors (Lipinski definition) is 6. The number of aromatic nitrogens is 2. The normalized spacial score (nSPS) is 15.1. The summed E-state index contributed by atoms with van der Waals surface area (Å²) in [4.78, 5) is 29.4. The quantitative estimate of drug-likeness (QED) is 0.605. The van der Waals surface area contributed by atoms with Gasteiger partial charge in [0.25, 0.3) is 5.91 Å². The average Bonchev–Trinajstić information content (AvgIpc) is 3.50. The molecule has 1 atom stereocenters. The molecule has 1 aliphatic carbocycles. The molecule has 1 N–H and O–H groups in total. The maximum absolute atomic E-state index is 13.5. The lowest BCUT2D eigenvalue weighted by molar-refractivity contribution is -0.123. The molecular weight excluding hydrogens is 416 g/mol. The van der Waals surface area contributed by atoms with Crippen molar-refractivity contribution in [3.8, 4) is 0 Å². The second-order valence-electron chi connectivity index (χ2n) is 7.64. The summed E-state index contributed by atoms with van der Waals surface area (Å²) in [5.74, 6) is -0.480. The van der Waals surface area contributed by atoms with Crippen LogP contribution in [-0.4, -0.2) is 27.4 Å². The Labute approximate surface area is 184 Å². The molecule has 6 nitrogen and oxygen atoms in total. The van der Waals surface area contributed by atoms with Gasteiger partial charge in [-0.1, -0.05) is 29.5 Å². The van der Waals surface area contributed by atoms with Gasteiger partial charge in [-0.15, -0.1) is 16.4 Å². The zero-order chi connectivity index (χ0) is 21.1. The van der Waals surface area contributed by atoms with Crippen molar-refractivity contribution in [2.24, 2.45) is 0 Å². The number of carbonyl (C=O) groups excluding carboxylic acids is 2. The van der Waals surface area contributed by atoms with Crippen molar-refractivity contribution in [2.45, 2.75) is 51.6 Å². The second kappa shape index (κ2) is 9.06. The Morgan fingerprint density at radius 1 is 1.17 bits per heavy atom. The fourth-order valence-corrected chi connectivity index (χ4v) is 5.05. The van der Waals surface area contributed by atoms with E-state index >= 15 is 0 Å². The molecule has 2 aromatic heterocycles. The fourth-order valence-electron chi connectivity index (χ4n) is 3.81. The van der Waals surface area contributed by atoms with Gasteiger partial charge in [0.15, 0.2) is 11.7 Å². The minimum Gasteiger partial charge on any atom is -0.351 e. The largest absolute Gasteiger partial charge is 0.351 e. The molecule has 156 valence electrons. The standard InChI is InChI=1S/C22H24N4O2S2/c1-14-9-10-17(12-15(14)2)26(22(28)18-13-30-25-24-18)20(19-8-5-11-29-19)21(27)23-16-6-3-4-7-16/h5,8-13,16,20H,3-4,6-7H2,1-2H3,(H,23,27)/t20-/m1/s1. The van der Waals surface area contributed by atoms with Crippen molar-refractivity contribution in [3.63, 3.8) is 0 Å². The number of benzene rings is 1. The Morgan fingerprint density at radius 3 is 2.60 bits per heavy atom. The second-order valence-corrected chi connectivity index (χ2v) is 9.23. The van der Waals surface area contributed by atoms with E-state index in [1.54, 1.807) is 10.3 Å². The lowest BCUT2D eigenvalue weighted by Crippen LogP contribution is -2.46. The summed E-state index contributed by atoms with van der Waals surface area (Å²) in [5.41, 5.74) is 3.11. The van der Waals surface area contributed by atoms with E-state index in [1.165, 1.54) is 11.3 Å². The van der Waals surface area contributed by atoms with Crippen molar-refractivity contribution in [3.05, 3.63) is 62.8 Å². The van der Waals surface area contributed by atoms with Crippen molar-refractivity contribution >= 4 is 40.4 Å². The van der Waals surface area contributed by atoms with E-state index < -0.39 is 6.04 Å². The molecule has 0 aliphatic heterocycles. The number of thiophene rings is 1. The number of nitrogens with zero attached hydrogens (tertiary/aromatic N) is 3. The Morgan fingerprint density at radius 2 is 1.97 bits per heavy atom. The lowest BCUT2D eigenvalue weighted by Gasteiger charge is -2.31. The van der Waals surface area contributed by atoms with Gasteiger partial charge in [-0.2, -0.15) is 0 Å². The summed E-state index contributed by atoms with van der Waals surface area (Å²) in [7, 11) is 0. The predicted molar refractivity (Wildman–Crippen MR) is 120 cm³/mol. The van der Waals surface area contributed by atoms with Crippen LogP contribution in [-0.2, 0) is 4.79 Å². The smallest absolute Gasteiger partial charge is 0.280 e. The van der Waals surface area contributed by atoms with E-state index in [-0.39, 0.29) is 23.6 Å². The van der Waals surface area contributed by atoms with Gasteiger partial charge < -0.3 is 5.32 Å². The number of anilines is 1. The predicted octanol–water partition coefficient (Wildman–Crippen LogP) is 4.66. The molecule has 0 saturated heterocycles. The molecular formula is C22H24N4O2S2. The van der Waals surface area contributed by atoms with Crippen LogP contribution in [0, 0.1) is 13.8 Å². The van der Waals surface area contributed by atoms with Crippen molar-refractivity contribution < 1.29 is 9.59 Å². The van der Waals surface area contributed by atoms with Gasteiger partial charge in [0.2, 0.25) is 5.91 Å². The van der Waals surface area contributed by atoms with Crippen LogP contribution in [0.5, 0.6) is 0 Å². The summed E-state index contributed by atoms with van der Waals surface area (Å²) >= 11 is 2.60. The number of hydrogen-bond donors (Lipinski definition) is 1. The zero-order valence-corrected chi connectivity index (χ0v) is 18.6. The molecule has 1 saturated carbocycles. The average molecular weight is 441 g/mol. The fraction of sp³-hybridized carbons (Fsp3) is 0.364. The first-order valence-corrected chi connectivity index (χ1v) is 11.8. The molecule has 1 aliphatic rings. The zero-order valence-electron chi connectivity index (χ0n) is 17.0. The van der Waals surface area contributed by atoms with E-state index in [2.05, 4.69) is 14.9 Å². The van der Waals surface area contributed by atoms with Crippen molar-refractivity contribution in [1.29, 1.82) is 0 Å². The number of amides is 2. The Hall–Kier alpha value is -2.58. The molecule has 0 spiro atoms. The van der Waals surface area contributed by atoms with E-state index in [0.29, 0.717) is 5.69 Å². The SMILES string of the molecule is Cc1ccc(N(C(=O)c2csnn2)[C@@H](C(=O)NC2CCCC2)c2cccs2)cc1C.